The van der Waals surface area contributed by atoms with E-state index in [9.17, 15) is 8.42 Å². The Labute approximate surface area is 95.8 Å². The third kappa shape index (κ3) is 2.89. The van der Waals surface area contributed by atoms with Gasteiger partial charge < -0.3 is 4.74 Å². The van der Waals surface area contributed by atoms with Crippen LogP contribution in [0, 0.1) is 6.92 Å². The SMILES string of the molecule is COc1ccc(S(=O)(=O)CCS)c(C)c1. The molecular formula is C10H14O3S2. The fourth-order valence-corrected chi connectivity index (χ4v) is 3.33. The molecule has 1 aromatic carbocycles. The van der Waals surface area contributed by atoms with Crippen molar-refractivity contribution in [2.24, 2.45) is 0 Å². The molecule has 0 aliphatic rings. The van der Waals surface area contributed by atoms with Crippen LogP contribution in [-0.4, -0.2) is 27.0 Å². The fraction of sp³-hybridized carbons (Fsp3) is 0.400. The number of hydrogen-bond donors (Lipinski definition) is 1. The lowest BCUT2D eigenvalue weighted by molar-refractivity contribution is 0.414. The van der Waals surface area contributed by atoms with E-state index in [0.29, 0.717) is 22.0 Å². The highest BCUT2D eigenvalue weighted by atomic mass is 32.2. The molecule has 0 radical (unpaired) electrons. The Kier molecular flexibility index (Phi) is 4.04. The Morgan fingerprint density at radius 3 is 2.53 bits per heavy atom. The van der Waals surface area contributed by atoms with Crippen LogP contribution in [0.1, 0.15) is 5.56 Å². The molecule has 1 rings (SSSR count). The summed E-state index contributed by atoms with van der Waals surface area (Å²) >= 11 is 3.93. The van der Waals surface area contributed by atoms with Crippen LogP contribution in [0.15, 0.2) is 23.1 Å². The van der Waals surface area contributed by atoms with Crippen molar-refractivity contribution in [1.82, 2.24) is 0 Å². The molecule has 0 amide bonds. The van der Waals surface area contributed by atoms with E-state index in [1.54, 1.807) is 32.2 Å². The van der Waals surface area contributed by atoms with E-state index in [2.05, 4.69) is 12.6 Å². The molecule has 0 saturated carbocycles. The van der Waals surface area contributed by atoms with Gasteiger partial charge in [-0.05, 0) is 30.7 Å². The Balaban J connectivity index is 3.16. The van der Waals surface area contributed by atoms with Gasteiger partial charge >= 0.3 is 0 Å². The summed E-state index contributed by atoms with van der Waals surface area (Å²) in [6, 6.07) is 4.94. The summed E-state index contributed by atoms with van der Waals surface area (Å²) < 4.78 is 28.5. The zero-order chi connectivity index (χ0) is 11.5. The van der Waals surface area contributed by atoms with Crippen LogP contribution in [0.4, 0.5) is 0 Å². The average Bonchev–Trinajstić information content (AvgIpc) is 2.17. The van der Waals surface area contributed by atoms with Crippen LogP contribution in [-0.2, 0) is 9.84 Å². The van der Waals surface area contributed by atoms with Crippen LogP contribution in [0.25, 0.3) is 0 Å². The summed E-state index contributed by atoms with van der Waals surface area (Å²) in [4.78, 5) is 0.359. The number of rotatable bonds is 4. The van der Waals surface area contributed by atoms with Gasteiger partial charge in [-0.15, -0.1) is 0 Å². The van der Waals surface area contributed by atoms with E-state index >= 15 is 0 Å². The van der Waals surface area contributed by atoms with Crippen molar-refractivity contribution in [3.05, 3.63) is 23.8 Å². The average molecular weight is 246 g/mol. The van der Waals surface area contributed by atoms with Gasteiger partial charge in [0.2, 0.25) is 0 Å². The fourth-order valence-electron chi connectivity index (χ4n) is 1.33. The number of hydrogen-bond acceptors (Lipinski definition) is 4. The van der Waals surface area contributed by atoms with Crippen LogP contribution in [0.5, 0.6) is 5.75 Å². The van der Waals surface area contributed by atoms with Crippen molar-refractivity contribution in [2.45, 2.75) is 11.8 Å². The maximum absolute atomic E-state index is 11.8. The highest BCUT2D eigenvalue weighted by Crippen LogP contribution is 2.21. The summed E-state index contributed by atoms with van der Waals surface area (Å²) in [5.74, 6) is 1.05. The molecular weight excluding hydrogens is 232 g/mol. The lowest BCUT2D eigenvalue weighted by atomic mass is 10.2. The van der Waals surface area contributed by atoms with Gasteiger partial charge in [0.25, 0.3) is 0 Å². The topological polar surface area (TPSA) is 43.4 Å². The van der Waals surface area contributed by atoms with Gasteiger partial charge in [-0.1, -0.05) is 0 Å². The van der Waals surface area contributed by atoms with Crippen molar-refractivity contribution in [1.29, 1.82) is 0 Å². The van der Waals surface area contributed by atoms with E-state index in [1.165, 1.54) is 0 Å². The summed E-state index contributed by atoms with van der Waals surface area (Å²) in [7, 11) is -1.65. The number of ether oxygens (including phenoxy) is 1. The molecule has 0 spiro atoms. The third-order valence-electron chi connectivity index (χ3n) is 2.08. The highest BCUT2D eigenvalue weighted by Gasteiger charge is 2.16. The second-order valence-electron chi connectivity index (χ2n) is 3.17. The maximum Gasteiger partial charge on any atom is 0.179 e. The van der Waals surface area contributed by atoms with E-state index < -0.39 is 9.84 Å². The van der Waals surface area contributed by atoms with Gasteiger partial charge in [0, 0.05) is 5.75 Å². The monoisotopic (exact) mass is 246 g/mol. The Bertz CT molecular complexity index is 438. The van der Waals surface area contributed by atoms with E-state index in [-0.39, 0.29) is 5.75 Å². The third-order valence-corrected chi connectivity index (χ3v) is 4.47. The number of benzene rings is 1. The molecule has 0 N–H and O–H groups in total. The number of sulfone groups is 1. The van der Waals surface area contributed by atoms with Gasteiger partial charge in [0.15, 0.2) is 9.84 Å². The lowest BCUT2D eigenvalue weighted by Gasteiger charge is -2.08. The minimum absolute atomic E-state index is 0.0588. The van der Waals surface area contributed by atoms with Gasteiger partial charge in [-0.25, -0.2) is 8.42 Å². The maximum atomic E-state index is 11.8. The summed E-state index contributed by atoms with van der Waals surface area (Å²) in [5, 5.41) is 0. The second-order valence-corrected chi connectivity index (χ2v) is 5.70. The van der Waals surface area contributed by atoms with Gasteiger partial charge in [0.05, 0.1) is 17.8 Å². The minimum atomic E-state index is -3.20. The predicted octanol–water partition coefficient (Wildman–Crippen LogP) is 1.71. The first-order valence-corrected chi connectivity index (χ1v) is 6.78. The normalized spacial score (nSPS) is 11.4. The molecule has 15 heavy (non-hydrogen) atoms. The molecule has 0 saturated heterocycles. The molecule has 0 aliphatic carbocycles. The molecule has 0 aliphatic heterocycles. The van der Waals surface area contributed by atoms with Crippen LogP contribution in [0.2, 0.25) is 0 Å². The first kappa shape index (κ1) is 12.4. The molecule has 5 heteroatoms. The summed E-state index contributed by atoms with van der Waals surface area (Å²) in [6.45, 7) is 1.76. The standard InChI is InChI=1S/C10H14O3S2/c1-8-7-9(13-2)3-4-10(8)15(11,12)6-5-14/h3-4,7,14H,5-6H2,1-2H3. The molecule has 3 nitrogen and oxygen atoms in total. The molecule has 0 unspecified atom stereocenters. The van der Waals surface area contributed by atoms with E-state index in [0.717, 1.165) is 0 Å². The van der Waals surface area contributed by atoms with Crippen molar-refractivity contribution in [2.75, 3.05) is 18.6 Å². The number of thiol groups is 1. The zero-order valence-electron chi connectivity index (χ0n) is 8.73. The van der Waals surface area contributed by atoms with Crippen molar-refractivity contribution in [3.8, 4) is 5.75 Å². The smallest absolute Gasteiger partial charge is 0.179 e. The lowest BCUT2D eigenvalue weighted by Crippen LogP contribution is -2.09. The molecule has 0 fully saturated rings. The highest BCUT2D eigenvalue weighted by molar-refractivity contribution is 7.92. The summed E-state index contributed by atoms with van der Waals surface area (Å²) in [5.41, 5.74) is 0.705. The zero-order valence-corrected chi connectivity index (χ0v) is 10.4. The van der Waals surface area contributed by atoms with Crippen molar-refractivity contribution >= 4 is 22.5 Å². The van der Waals surface area contributed by atoms with Gasteiger partial charge in [-0.3, -0.25) is 0 Å². The Morgan fingerprint density at radius 1 is 1.40 bits per heavy atom. The van der Waals surface area contributed by atoms with Crippen LogP contribution < -0.4 is 4.74 Å². The quantitative estimate of drug-likeness (QED) is 0.822. The molecule has 1 aromatic rings. The largest absolute Gasteiger partial charge is 0.497 e. The van der Waals surface area contributed by atoms with Gasteiger partial charge in [0.1, 0.15) is 5.75 Å². The first-order valence-electron chi connectivity index (χ1n) is 4.49. The molecule has 0 heterocycles. The van der Waals surface area contributed by atoms with Crippen LogP contribution in [0.3, 0.4) is 0 Å². The molecule has 84 valence electrons. The van der Waals surface area contributed by atoms with Gasteiger partial charge in [-0.2, -0.15) is 12.6 Å². The Hall–Kier alpha value is -0.680. The first-order chi connectivity index (χ1) is 7.01. The van der Waals surface area contributed by atoms with E-state index in [4.69, 9.17) is 4.74 Å². The Morgan fingerprint density at radius 2 is 2.07 bits per heavy atom. The van der Waals surface area contributed by atoms with E-state index in [1.807, 2.05) is 0 Å². The van der Waals surface area contributed by atoms with Crippen molar-refractivity contribution < 1.29 is 13.2 Å². The van der Waals surface area contributed by atoms with Crippen molar-refractivity contribution in [3.63, 3.8) is 0 Å². The number of methoxy groups -OCH3 is 1. The second kappa shape index (κ2) is 4.90. The minimum Gasteiger partial charge on any atom is -0.497 e. The number of aryl methyl sites for hydroxylation is 1. The van der Waals surface area contributed by atoms with Crippen LogP contribution >= 0.6 is 12.6 Å². The summed E-state index contributed by atoms with van der Waals surface area (Å²) in [6.07, 6.45) is 0. The molecule has 0 atom stereocenters. The predicted molar refractivity (Wildman–Crippen MR) is 63.6 cm³/mol. The molecule has 0 aromatic heterocycles. The molecule has 0 bridgehead atoms.